The maximum absolute atomic E-state index is 12.8. The second-order valence-electron chi connectivity index (χ2n) is 5.42. The molecular weight excluding hydrogens is 297 g/mol. The highest BCUT2D eigenvalue weighted by molar-refractivity contribution is 7.99. The fourth-order valence-corrected chi connectivity index (χ4v) is 4.00. The van der Waals surface area contributed by atoms with Crippen LogP contribution in [-0.4, -0.2) is 49.1 Å². The van der Waals surface area contributed by atoms with E-state index in [-0.39, 0.29) is 6.04 Å². The molecule has 2 nitrogen and oxygen atoms in total. The van der Waals surface area contributed by atoms with Gasteiger partial charge in [-0.25, -0.2) is 0 Å². The third-order valence-corrected chi connectivity index (χ3v) is 5.04. The van der Waals surface area contributed by atoms with E-state index in [1.807, 2.05) is 18.8 Å². The van der Waals surface area contributed by atoms with Gasteiger partial charge in [0.25, 0.3) is 0 Å². The van der Waals surface area contributed by atoms with E-state index in [4.69, 9.17) is 0 Å². The van der Waals surface area contributed by atoms with E-state index in [1.165, 1.54) is 12.1 Å². The van der Waals surface area contributed by atoms with Crippen LogP contribution in [0.5, 0.6) is 0 Å². The molecule has 118 valence electrons. The maximum Gasteiger partial charge on any atom is 0.416 e. The van der Waals surface area contributed by atoms with E-state index in [0.29, 0.717) is 12.5 Å². The van der Waals surface area contributed by atoms with E-state index >= 15 is 0 Å². The lowest BCUT2D eigenvalue weighted by Crippen LogP contribution is -2.52. The summed E-state index contributed by atoms with van der Waals surface area (Å²) in [5, 5.41) is 3.27. The number of hydrogen-bond acceptors (Lipinski definition) is 3. The van der Waals surface area contributed by atoms with Crippen LogP contribution in [0, 0.1) is 0 Å². The molecule has 0 amide bonds. The average molecular weight is 318 g/mol. The highest BCUT2D eigenvalue weighted by atomic mass is 32.2. The van der Waals surface area contributed by atoms with Gasteiger partial charge in [-0.15, -0.1) is 0 Å². The molecule has 6 heteroatoms. The van der Waals surface area contributed by atoms with Crippen LogP contribution >= 0.6 is 11.8 Å². The molecule has 0 aliphatic carbocycles. The molecule has 2 rings (SSSR count). The van der Waals surface area contributed by atoms with Crippen molar-refractivity contribution in [2.75, 3.05) is 32.1 Å². The molecule has 1 aliphatic heterocycles. The van der Waals surface area contributed by atoms with Crippen LogP contribution in [0.1, 0.15) is 11.1 Å². The number of benzene rings is 1. The van der Waals surface area contributed by atoms with E-state index < -0.39 is 11.7 Å². The Morgan fingerprint density at radius 2 is 2.19 bits per heavy atom. The molecule has 1 fully saturated rings. The lowest BCUT2D eigenvalue weighted by molar-refractivity contribution is -0.137. The Labute approximate surface area is 128 Å². The Morgan fingerprint density at radius 3 is 2.81 bits per heavy atom. The Kier molecular flexibility index (Phi) is 5.57. The SMILES string of the molecule is CNC(Cc1cccc(C(F)(F)F)c1)C1CSCCN1C. The maximum atomic E-state index is 12.8. The summed E-state index contributed by atoms with van der Waals surface area (Å²) in [7, 11) is 3.96. The van der Waals surface area contributed by atoms with Crippen molar-refractivity contribution in [3.05, 3.63) is 35.4 Å². The Balaban J connectivity index is 2.11. The number of likely N-dealkylation sites (N-methyl/N-ethyl adjacent to an activating group) is 2. The van der Waals surface area contributed by atoms with Gasteiger partial charge in [-0.05, 0) is 32.1 Å². The van der Waals surface area contributed by atoms with Gasteiger partial charge in [0.1, 0.15) is 0 Å². The standard InChI is InChI=1S/C15H21F3N2S/c1-19-13(14-10-21-7-6-20(14)2)9-11-4-3-5-12(8-11)15(16,17)18/h3-5,8,13-14,19H,6-7,9-10H2,1-2H3. The second kappa shape index (κ2) is 7.03. The zero-order valence-electron chi connectivity index (χ0n) is 12.3. The highest BCUT2D eigenvalue weighted by Gasteiger charge is 2.31. The summed E-state index contributed by atoms with van der Waals surface area (Å²) in [5.74, 6) is 2.13. The Hall–Kier alpha value is -0.720. The van der Waals surface area contributed by atoms with Crippen LogP contribution < -0.4 is 5.32 Å². The first-order valence-electron chi connectivity index (χ1n) is 7.03. The van der Waals surface area contributed by atoms with Gasteiger partial charge in [0.15, 0.2) is 0 Å². The molecule has 21 heavy (non-hydrogen) atoms. The predicted octanol–water partition coefficient (Wildman–Crippen LogP) is 2.88. The molecule has 0 spiro atoms. The van der Waals surface area contributed by atoms with Crippen molar-refractivity contribution >= 4 is 11.8 Å². The van der Waals surface area contributed by atoms with E-state index in [0.717, 1.165) is 29.7 Å². The number of hydrogen-bond donors (Lipinski definition) is 1. The van der Waals surface area contributed by atoms with Crippen molar-refractivity contribution in [2.24, 2.45) is 0 Å². The third kappa shape index (κ3) is 4.37. The summed E-state index contributed by atoms with van der Waals surface area (Å²) in [6.07, 6.45) is -3.67. The molecule has 0 bridgehead atoms. The molecule has 1 saturated heterocycles. The number of halogens is 3. The molecule has 1 N–H and O–H groups in total. The number of alkyl halides is 3. The minimum absolute atomic E-state index is 0.159. The first kappa shape index (κ1) is 16.6. The average Bonchev–Trinajstić information content (AvgIpc) is 2.45. The molecule has 1 aromatic rings. The van der Waals surface area contributed by atoms with E-state index in [2.05, 4.69) is 17.3 Å². The molecular formula is C15H21F3N2S. The normalized spacial score (nSPS) is 22.2. The minimum Gasteiger partial charge on any atom is -0.315 e. The molecule has 1 heterocycles. The van der Waals surface area contributed by atoms with E-state index in [9.17, 15) is 13.2 Å². The number of rotatable bonds is 4. The smallest absolute Gasteiger partial charge is 0.315 e. The van der Waals surface area contributed by atoms with Crippen LogP contribution in [0.2, 0.25) is 0 Å². The third-order valence-electron chi connectivity index (χ3n) is 3.99. The van der Waals surface area contributed by atoms with Crippen LogP contribution in [0.4, 0.5) is 13.2 Å². The number of thioether (sulfide) groups is 1. The summed E-state index contributed by atoms with van der Waals surface area (Å²) < 4.78 is 38.3. The van der Waals surface area contributed by atoms with Gasteiger partial charge in [0.05, 0.1) is 5.56 Å². The van der Waals surface area contributed by atoms with Crippen LogP contribution in [-0.2, 0) is 12.6 Å². The molecule has 1 aliphatic rings. The lowest BCUT2D eigenvalue weighted by Gasteiger charge is -2.37. The van der Waals surface area contributed by atoms with Gasteiger partial charge in [-0.3, -0.25) is 0 Å². The van der Waals surface area contributed by atoms with Crippen molar-refractivity contribution < 1.29 is 13.2 Å². The predicted molar refractivity (Wildman–Crippen MR) is 81.7 cm³/mol. The van der Waals surface area contributed by atoms with Crippen molar-refractivity contribution in [3.63, 3.8) is 0 Å². The van der Waals surface area contributed by atoms with Gasteiger partial charge in [-0.2, -0.15) is 24.9 Å². The van der Waals surface area contributed by atoms with Crippen molar-refractivity contribution in [3.8, 4) is 0 Å². The van der Waals surface area contributed by atoms with Gasteiger partial charge in [0.2, 0.25) is 0 Å². The highest BCUT2D eigenvalue weighted by Crippen LogP contribution is 2.30. The van der Waals surface area contributed by atoms with Crippen LogP contribution in [0.15, 0.2) is 24.3 Å². The number of nitrogens with zero attached hydrogens (tertiary/aromatic N) is 1. The van der Waals surface area contributed by atoms with Gasteiger partial charge in [0, 0.05) is 30.1 Å². The van der Waals surface area contributed by atoms with Gasteiger partial charge >= 0.3 is 6.18 Å². The number of nitrogens with one attached hydrogen (secondary N) is 1. The lowest BCUT2D eigenvalue weighted by atomic mass is 9.98. The summed E-state index contributed by atoms with van der Waals surface area (Å²) in [6.45, 7) is 1.02. The summed E-state index contributed by atoms with van der Waals surface area (Å²) in [6, 6.07) is 6.16. The Bertz CT molecular complexity index is 464. The van der Waals surface area contributed by atoms with Gasteiger partial charge in [-0.1, -0.05) is 18.2 Å². The van der Waals surface area contributed by atoms with Crippen molar-refractivity contribution in [2.45, 2.75) is 24.7 Å². The fraction of sp³-hybridized carbons (Fsp3) is 0.600. The monoisotopic (exact) mass is 318 g/mol. The second-order valence-corrected chi connectivity index (χ2v) is 6.57. The van der Waals surface area contributed by atoms with Gasteiger partial charge < -0.3 is 10.2 Å². The minimum atomic E-state index is -4.28. The first-order chi connectivity index (χ1) is 9.91. The van der Waals surface area contributed by atoms with Crippen molar-refractivity contribution in [1.29, 1.82) is 0 Å². The van der Waals surface area contributed by atoms with E-state index in [1.54, 1.807) is 6.07 Å². The largest absolute Gasteiger partial charge is 0.416 e. The molecule has 0 saturated carbocycles. The first-order valence-corrected chi connectivity index (χ1v) is 8.18. The zero-order chi connectivity index (χ0) is 15.5. The Morgan fingerprint density at radius 1 is 1.43 bits per heavy atom. The van der Waals surface area contributed by atoms with Crippen LogP contribution in [0.3, 0.4) is 0 Å². The summed E-state index contributed by atoms with van der Waals surface area (Å²) in [5.41, 5.74) is 0.161. The molecule has 2 atom stereocenters. The zero-order valence-corrected chi connectivity index (χ0v) is 13.1. The van der Waals surface area contributed by atoms with Crippen molar-refractivity contribution in [1.82, 2.24) is 10.2 Å². The molecule has 1 aromatic carbocycles. The summed E-state index contributed by atoms with van der Waals surface area (Å²) >= 11 is 1.91. The summed E-state index contributed by atoms with van der Waals surface area (Å²) in [4.78, 5) is 2.30. The quantitative estimate of drug-likeness (QED) is 0.919. The molecule has 0 radical (unpaired) electrons. The fourth-order valence-electron chi connectivity index (χ4n) is 2.69. The molecule has 0 aromatic heterocycles. The van der Waals surface area contributed by atoms with Crippen LogP contribution in [0.25, 0.3) is 0 Å². The topological polar surface area (TPSA) is 15.3 Å². The molecule has 2 unspecified atom stereocenters.